The van der Waals surface area contributed by atoms with Crippen molar-refractivity contribution in [3.63, 3.8) is 0 Å². The summed E-state index contributed by atoms with van der Waals surface area (Å²) in [7, 11) is 5.71. The third kappa shape index (κ3) is 3.42. The molecule has 0 spiro atoms. The van der Waals surface area contributed by atoms with E-state index in [-0.39, 0.29) is 17.6 Å². The molecule has 0 aromatic rings. The van der Waals surface area contributed by atoms with Gasteiger partial charge in [-0.1, -0.05) is 19.8 Å². The van der Waals surface area contributed by atoms with E-state index < -0.39 is 0 Å². The molecule has 4 heteroatoms. The van der Waals surface area contributed by atoms with Gasteiger partial charge < -0.3 is 15.0 Å². The van der Waals surface area contributed by atoms with E-state index in [1.54, 1.807) is 0 Å². The number of hydrogen-bond acceptors (Lipinski definition) is 4. The molecule has 1 unspecified atom stereocenters. The SMILES string of the molecule is CCC(NCC1(N(C)C)CCCC1)C(=O)OC. The molecule has 0 saturated heterocycles. The zero-order valence-corrected chi connectivity index (χ0v) is 11.6. The number of carbonyl (C=O) groups is 1. The molecule has 1 aliphatic rings. The normalized spacial score (nSPS) is 20.5. The van der Waals surface area contributed by atoms with E-state index in [2.05, 4.69) is 24.3 Å². The van der Waals surface area contributed by atoms with Crippen molar-refractivity contribution in [2.24, 2.45) is 0 Å². The standard InChI is InChI=1S/C13H26N2O2/c1-5-11(12(16)17-4)14-10-13(15(2)3)8-6-7-9-13/h11,14H,5-10H2,1-4H3. The Morgan fingerprint density at radius 1 is 1.41 bits per heavy atom. The van der Waals surface area contributed by atoms with E-state index in [0.717, 1.165) is 13.0 Å². The highest BCUT2D eigenvalue weighted by Gasteiger charge is 2.36. The van der Waals surface area contributed by atoms with Gasteiger partial charge in [0.15, 0.2) is 0 Å². The van der Waals surface area contributed by atoms with Crippen molar-refractivity contribution < 1.29 is 9.53 Å². The first-order valence-electron chi connectivity index (χ1n) is 6.54. The van der Waals surface area contributed by atoms with Crippen LogP contribution in [-0.2, 0) is 9.53 Å². The van der Waals surface area contributed by atoms with Crippen molar-refractivity contribution >= 4 is 5.97 Å². The summed E-state index contributed by atoms with van der Waals surface area (Å²) in [5, 5.41) is 3.37. The topological polar surface area (TPSA) is 41.6 Å². The monoisotopic (exact) mass is 242 g/mol. The Labute approximate surface area is 105 Å². The summed E-state index contributed by atoms with van der Waals surface area (Å²) >= 11 is 0. The first-order valence-corrected chi connectivity index (χ1v) is 6.54. The maximum absolute atomic E-state index is 11.5. The molecule has 1 fully saturated rings. The van der Waals surface area contributed by atoms with Crippen LogP contribution in [0.5, 0.6) is 0 Å². The molecule has 0 heterocycles. The van der Waals surface area contributed by atoms with Crippen LogP contribution in [0.1, 0.15) is 39.0 Å². The number of likely N-dealkylation sites (N-methyl/N-ethyl adjacent to an activating group) is 1. The molecule has 4 nitrogen and oxygen atoms in total. The molecule has 0 aromatic heterocycles. The van der Waals surface area contributed by atoms with Gasteiger partial charge in [0.2, 0.25) is 0 Å². The quantitative estimate of drug-likeness (QED) is 0.715. The number of ether oxygens (including phenoxy) is 1. The molecule has 100 valence electrons. The molecule has 0 bridgehead atoms. The molecule has 1 N–H and O–H groups in total. The number of esters is 1. The summed E-state index contributed by atoms with van der Waals surface area (Å²) in [6.45, 7) is 2.87. The molecular weight excluding hydrogens is 216 g/mol. The number of nitrogens with zero attached hydrogens (tertiary/aromatic N) is 1. The van der Waals surface area contributed by atoms with Crippen LogP contribution in [0.3, 0.4) is 0 Å². The predicted octanol–water partition coefficient (Wildman–Crippen LogP) is 1.40. The third-order valence-corrected chi connectivity index (χ3v) is 4.05. The average molecular weight is 242 g/mol. The lowest BCUT2D eigenvalue weighted by Crippen LogP contribution is -2.53. The highest BCUT2D eigenvalue weighted by molar-refractivity contribution is 5.75. The van der Waals surface area contributed by atoms with Gasteiger partial charge in [0.05, 0.1) is 7.11 Å². The Morgan fingerprint density at radius 2 is 2.00 bits per heavy atom. The molecule has 0 aromatic carbocycles. The van der Waals surface area contributed by atoms with Gasteiger partial charge in [-0.05, 0) is 33.4 Å². The van der Waals surface area contributed by atoms with Gasteiger partial charge in [-0.2, -0.15) is 0 Å². The minimum absolute atomic E-state index is 0.153. The first-order chi connectivity index (χ1) is 8.05. The second kappa shape index (κ2) is 6.36. The van der Waals surface area contributed by atoms with Crippen molar-refractivity contribution in [2.45, 2.75) is 50.6 Å². The molecule has 0 amide bonds. The largest absolute Gasteiger partial charge is 0.468 e. The Bertz CT molecular complexity index is 248. The molecule has 1 aliphatic carbocycles. The van der Waals surface area contributed by atoms with E-state index in [9.17, 15) is 4.79 Å². The van der Waals surface area contributed by atoms with Crippen LogP contribution in [0, 0.1) is 0 Å². The molecule has 0 radical (unpaired) electrons. The summed E-state index contributed by atoms with van der Waals surface area (Å²) in [5.41, 5.74) is 0.224. The maximum atomic E-state index is 11.5. The van der Waals surface area contributed by atoms with Gasteiger partial charge >= 0.3 is 5.97 Å². The molecule has 1 atom stereocenters. The number of rotatable bonds is 6. The number of methoxy groups -OCH3 is 1. The maximum Gasteiger partial charge on any atom is 0.322 e. The summed E-state index contributed by atoms with van der Waals surface area (Å²) in [4.78, 5) is 13.8. The lowest BCUT2D eigenvalue weighted by molar-refractivity contribution is -0.143. The Hall–Kier alpha value is -0.610. The van der Waals surface area contributed by atoms with Crippen LogP contribution in [0.25, 0.3) is 0 Å². The first kappa shape index (κ1) is 14.5. The Morgan fingerprint density at radius 3 is 2.41 bits per heavy atom. The van der Waals surface area contributed by atoms with Gasteiger partial charge in [0.25, 0.3) is 0 Å². The lowest BCUT2D eigenvalue weighted by atomic mass is 9.95. The van der Waals surface area contributed by atoms with E-state index in [4.69, 9.17) is 4.74 Å². The van der Waals surface area contributed by atoms with Gasteiger partial charge in [-0.25, -0.2) is 0 Å². The van der Waals surface area contributed by atoms with Crippen LogP contribution in [0.2, 0.25) is 0 Å². The van der Waals surface area contributed by atoms with Crippen LogP contribution in [0.15, 0.2) is 0 Å². The van der Waals surface area contributed by atoms with Gasteiger partial charge in [-0.15, -0.1) is 0 Å². The Kier molecular flexibility index (Phi) is 5.40. The highest BCUT2D eigenvalue weighted by atomic mass is 16.5. The van der Waals surface area contributed by atoms with Gasteiger partial charge in [-0.3, -0.25) is 4.79 Å². The highest BCUT2D eigenvalue weighted by Crippen LogP contribution is 2.33. The molecular formula is C13H26N2O2. The smallest absolute Gasteiger partial charge is 0.322 e. The second-order valence-corrected chi connectivity index (χ2v) is 5.19. The summed E-state index contributed by atoms with van der Waals surface area (Å²) < 4.78 is 4.80. The fourth-order valence-electron chi connectivity index (χ4n) is 2.66. The van der Waals surface area contributed by atoms with Crippen LogP contribution in [0.4, 0.5) is 0 Å². The van der Waals surface area contributed by atoms with Crippen LogP contribution >= 0.6 is 0 Å². The minimum atomic E-state index is -0.169. The van der Waals surface area contributed by atoms with E-state index >= 15 is 0 Å². The van der Waals surface area contributed by atoms with Gasteiger partial charge in [0, 0.05) is 12.1 Å². The molecule has 1 saturated carbocycles. The molecule has 0 aliphatic heterocycles. The van der Waals surface area contributed by atoms with Crippen molar-refractivity contribution in [1.29, 1.82) is 0 Å². The predicted molar refractivity (Wildman–Crippen MR) is 69.0 cm³/mol. The van der Waals surface area contributed by atoms with Crippen LogP contribution < -0.4 is 5.32 Å². The van der Waals surface area contributed by atoms with E-state index in [0.29, 0.717) is 0 Å². The average Bonchev–Trinajstić information content (AvgIpc) is 2.79. The van der Waals surface area contributed by atoms with Crippen molar-refractivity contribution in [3.8, 4) is 0 Å². The van der Waals surface area contributed by atoms with Crippen molar-refractivity contribution in [2.75, 3.05) is 27.7 Å². The number of carbonyl (C=O) groups excluding carboxylic acids is 1. The zero-order valence-electron chi connectivity index (χ0n) is 11.6. The van der Waals surface area contributed by atoms with Crippen molar-refractivity contribution in [3.05, 3.63) is 0 Å². The summed E-state index contributed by atoms with van der Waals surface area (Å²) in [5.74, 6) is -0.153. The lowest BCUT2D eigenvalue weighted by Gasteiger charge is -2.37. The summed E-state index contributed by atoms with van der Waals surface area (Å²) in [6, 6.07) is -0.169. The number of hydrogen-bond donors (Lipinski definition) is 1. The number of nitrogens with one attached hydrogen (secondary N) is 1. The van der Waals surface area contributed by atoms with Crippen molar-refractivity contribution in [1.82, 2.24) is 10.2 Å². The third-order valence-electron chi connectivity index (χ3n) is 4.05. The zero-order chi connectivity index (χ0) is 12.9. The van der Waals surface area contributed by atoms with Gasteiger partial charge in [0.1, 0.15) is 6.04 Å². The fourth-order valence-corrected chi connectivity index (χ4v) is 2.66. The van der Waals surface area contributed by atoms with E-state index in [1.165, 1.54) is 32.8 Å². The van der Waals surface area contributed by atoms with Crippen LogP contribution in [-0.4, -0.2) is 50.2 Å². The minimum Gasteiger partial charge on any atom is -0.468 e. The molecule has 1 rings (SSSR count). The molecule has 17 heavy (non-hydrogen) atoms. The Balaban J connectivity index is 2.54. The summed E-state index contributed by atoms with van der Waals surface area (Å²) in [6.07, 6.45) is 5.77. The fraction of sp³-hybridized carbons (Fsp3) is 0.923. The second-order valence-electron chi connectivity index (χ2n) is 5.19. The van der Waals surface area contributed by atoms with E-state index in [1.807, 2.05) is 6.92 Å².